The van der Waals surface area contributed by atoms with E-state index in [1.54, 1.807) is 18.2 Å². The Morgan fingerprint density at radius 1 is 1.07 bits per heavy atom. The highest BCUT2D eigenvalue weighted by Gasteiger charge is 2.19. The molecule has 0 aliphatic rings. The van der Waals surface area contributed by atoms with Crippen LogP contribution in [0.15, 0.2) is 58.2 Å². The van der Waals surface area contributed by atoms with Crippen LogP contribution in [0.2, 0.25) is 0 Å². The zero-order valence-corrected chi connectivity index (χ0v) is 17.2. The second kappa shape index (κ2) is 8.16. The second-order valence-corrected chi connectivity index (χ2v) is 7.89. The molecule has 2 aromatic carbocycles. The first-order valence-electron chi connectivity index (χ1n) is 9.25. The molecule has 2 aromatic heterocycles. The molecule has 2 heterocycles. The SMILES string of the molecule is Cc1ccc(-n2c(SCc3noc(C(C)C)n3)nnc2-c2ccccc2F)cc1. The molecule has 6 nitrogen and oxygen atoms in total. The number of hydrogen-bond acceptors (Lipinski definition) is 6. The molecule has 0 aliphatic carbocycles. The van der Waals surface area contributed by atoms with Gasteiger partial charge in [-0.1, -0.05) is 60.6 Å². The summed E-state index contributed by atoms with van der Waals surface area (Å²) >= 11 is 1.43. The lowest BCUT2D eigenvalue weighted by molar-refractivity contribution is 0.362. The molecule has 4 aromatic rings. The summed E-state index contributed by atoms with van der Waals surface area (Å²) in [6.07, 6.45) is 0. The third-order valence-corrected chi connectivity index (χ3v) is 5.27. The topological polar surface area (TPSA) is 69.6 Å². The van der Waals surface area contributed by atoms with Crippen molar-refractivity contribution in [3.8, 4) is 17.1 Å². The molecule has 0 saturated carbocycles. The Morgan fingerprint density at radius 3 is 2.52 bits per heavy atom. The lowest BCUT2D eigenvalue weighted by atomic mass is 10.2. The van der Waals surface area contributed by atoms with Crippen molar-refractivity contribution in [3.05, 3.63) is 71.6 Å². The first-order valence-corrected chi connectivity index (χ1v) is 10.2. The van der Waals surface area contributed by atoms with E-state index in [4.69, 9.17) is 4.52 Å². The molecule has 0 N–H and O–H groups in total. The summed E-state index contributed by atoms with van der Waals surface area (Å²) in [6.45, 7) is 6.02. The van der Waals surface area contributed by atoms with Gasteiger partial charge in [0.1, 0.15) is 5.82 Å². The summed E-state index contributed by atoms with van der Waals surface area (Å²) in [5, 5.41) is 13.2. The predicted molar refractivity (Wildman–Crippen MR) is 109 cm³/mol. The van der Waals surface area contributed by atoms with Crippen molar-refractivity contribution in [3.63, 3.8) is 0 Å². The maximum atomic E-state index is 14.5. The van der Waals surface area contributed by atoms with Crippen LogP contribution in [0.5, 0.6) is 0 Å². The van der Waals surface area contributed by atoms with Gasteiger partial charge in [0.2, 0.25) is 5.89 Å². The number of thioether (sulfide) groups is 1. The van der Waals surface area contributed by atoms with Gasteiger partial charge in [-0.15, -0.1) is 10.2 Å². The van der Waals surface area contributed by atoms with Gasteiger partial charge in [-0.05, 0) is 31.2 Å². The highest BCUT2D eigenvalue weighted by molar-refractivity contribution is 7.98. The number of halogens is 1. The number of nitrogens with zero attached hydrogens (tertiary/aromatic N) is 5. The molecule has 8 heteroatoms. The average molecular weight is 409 g/mol. The van der Waals surface area contributed by atoms with E-state index in [1.165, 1.54) is 17.8 Å². The molecule has 0 spiro atoms. The normalized spacial score (nSPS) is 11.3. The van der Waals surface area contributed by atoms with Gasteiger partial charge in [-0.2, -0.15) is 4.98 Å². The number of aromatic nitrogens is 5. The smallest absolute Gasteiger partial charge is 0.229 e. The van der Waals surface area contributed by atoms with Crippen molar-refractivity contribution in [2.75, 3.05) is 0 Å². The number of hydrogen-bond donors (Lipinski definition) is 0. The number of benzene rings is 2. The molecule has 4 rings (SSSR count). The molecule has 29 heavy (non-hydrogen) atoms. The predicted octanol–water partition coefficient (Wildman–Crippen LogP) is 5.18. The summed E-state index contributed by atoms with van der Waals surface area (Å²) < 4.78 is 21.6. The van der Waals surface area contributed by atoms with Crippen LogP contribution in [0.4, 0.5) is 4.39 Å². The molecule has 0 fully saturated rings. The first-order chi connectivity index (χ1) is 14.0. The van der Waals surface area contributed by atoms with Crippen LogP contribution < -0.4 is 0 Å². The molecule has 0 saturated heterocycles. The van der Waals surface area contributed by atoms with Crippen LogP contribution in [-0.2, 0) is 5.75 Å². The van der Waals surface area contributed by atoms with Crippen LogP contribution >= 0.6 is 11.8 Å². The van der Waals surface area contributed by atoms with Crippen molar-refractivity contribution in [1.82, 2.24) is 24.9 Å². The largest absolute Gasteiger partial charge is 0.339 e. The van der Waals surface area contributed by atoms with Gasteiger partial charge in [-0.3, -0.25) is 4.57 Å². The monoisotopic (exact) mass is 409 g/mol. The number of aryl methyl sites for hydroxylation is 1. The maximum Gasteiger partial charge on any atom is 0.229 e. The number of rotatable bonds is 6. The standard InChI is InChI=1S/C21H20FN5OS/c1-13(2)20-23-18(26-28-20)12-29-21-25-24-19(16-6-4-5-7-17(16)22)27(21)15-10-8-14(3)9-11-15/h4-11,13H,12H2,1-3H3. The van der Waals surface area contributed by atoms with Crippen LogP contribution in [0.1, 0.15) is 37.0 Å². The molecule has 0 unspecified atom stereocenters. The minimum atomic E-state index is -0.343. The highest BCUT2D eigenvalue weighted by Crippen LogP contribution is 2.30. The van der Waals surface area contributed by atoms with Gasteiger partial charge < -0.3 is 4.52 Å². The minimum Gasteiger partial charge on any atom is -0.339 e. The minimum absolute atomic E-state index is 0.171. The van der Waals surface area contributed by atoms with Crippen LogP contribution in [0.25, 0.3) is 17.1 Å². The zero-order chi connectivity index (χ0) is 20.4. The van der Waals surface area contributed by atoms with Crippen LogP contribution in [-0.4, -0.2) is 24.9 Å². The molecule has 0 amide bonds. The fourth-order valence-corrected chi connectivity index (χ4v) is 3.59. The molecular weight excluding hydrogens is 389 g/mol. The van der Waals surface area contributed by atoms with Crippen LogP contribution in [0.3, 0.4) is 0 Å². The highest BCUT2D eigenvalue weighted by atomic mass is 32.2. The fourth-order valence-electron chi connectivity index (χ4n) is 2.80. The molecular formula is C21H20FN5OS. The molecule has 0 aliphatic heterocycles. The lowest BCUT2D eigenvalue weighted by Crippen LogP contribution is -2.01. The second-order valence-electron chi connectivity index (χ2n) is 6.95. The Morgan fingerprint density at radius 2 is 1.83 bits per heavy atom. The Kier molecular flexibility index (Phi) is 5.44. The lowest BCUT2D eigenvalue weighted by Gasteiger charge is -2.11. The van der Waals surface area contributed by atoms with E-state index < -0.39 is 0 Å². The Balaban J connectivity index is 1.71. The van der Waals surface area contributed by atoms with E-state index in [-0.39, 0.29) is 11.7 Å². The van der Waals surface area contributed by atoms with Crippen LogP contribution in [0, 0.1) is 12.7 Å². The Hall–Kier alpha value is -3.00. The quantitative estimate of drug-likeness (QED) is 0.409. The van der Waals surface area contributed by atoms with E-state index in [9.17, 15) is 4.39 Å². The van der Waals surface area contributed by atoms with Crippen molar-refractivity contribution in [2.45, 2.75) is 37.6 Å². The van der Waals surface area contributed by atoms with Crippen molar-refractivity contribution in [2.24, 2.45) is 0 Å². The summed E-state index contributed by atoms with van der Waals surface area (Å²) in [4.78, 5) is 4.40. The summed E-state index contributed by atoms with van der Waals surface area (Å²) in [6, 6.07) is 14.5. The van der Waals surface area contributed by atoms with E-state index in [2.05, 4.69) is 20.3 Å². The third kappa shape index (κ3) is 4.07. The summed E-state index contributed by atoms with van der Waals surface area (Å²) in [7, 11) is 0. The van der Waals surface area contributed by atoms with Gasteiger partial charge in [0.25, 0.3) is 0 Å². The van der Waals surface area contributed by atoms with E-state index in [0.717, 1.165) is 11.3 Å². The van der Waals surface area contributed by atoms with Crippen molar-refractivity contribution in [1.29, 1.82) is 0 Å². The van der Waals surface area contributed by atoms with Gasteiger partial charge >= 0.3 is 0 Å². The average Bonchev–Trinajstić information content (AvgIpc) is 3.34. The van der Waals surface area contributed by atoms with E-state index >= 15 is 0 Å². The first kappa shape index (κ1) is 19.3. The Bertz CT molecular complexity index is 1120. The Labute approximate surface area is 172 Å². The maximum absolute atomic E-state index is 14.5. The van der Waals surface area contributed by atoms with E-state index in [0.29, 0.717) is 34.0 Å². The third-order valence-electron chi connectivity index (χ3n) is 4.35. The van der Waals surface area contributed by atoms with Gasteiger partial charge in [-0.25, -0.2) is 4.39 Å². The van der Waals surface area contributed by atoms with Gasteiger partial charge in [0.15, 0.2) is 16.8 Å². The molecule has 148 valence electrons. The molecule has 0 bridgehead atoms. The molecule has 0 radical (unpaired) electrons. The van der Waals surface area contributed by atoms with Crippen molar-refractivity contribution >= 4 is 11.8 Å². The van der Waals surface area contributed by atoms with Gasteiger partial charge in [0.05, 0.1) is 11.3 Å². The van der Waals surface area contributed by atoms with Gasteiger partial charge in [0, 0.05) is 11.6 Å². The zero-order valence-electron chi connectivity index (χ0n) is 16.3. The molecule has 0 atom stereocenters. The summed E-state index contributed by atoms with van der Waals surface area (Å²) in [5.74, 6) is 1.94. The summed E-state index contributed by atoms with van der Waals surface area (Å²) in [5.41, 5.74) is 2.39. The fraction of sp³-hybridized carbons (Fsp3) is 0.238. The van der Waals surface area contributed by atoms with E-state index in [1.807, 2.05) is 49.6 Å². The van der Waals surface area contributed by atoms with Crippen molar-refractivity contribution < 1.29 is 8.91 Å².